The first-order valence-electron chi connectivity index (χ1n) is 41.5. The van der Waals surface area contributed by atoms with E-state index in [-0.39, 0.29) is 121 Å². The molecule has 658 valence electrons. The van der Waals surface area contributed by atoms with E-state index in [2.05, 4.69) is 68.8 Å². The lowest BCUT2D eigenvalue weighted by Crippen LogP contribution is -2.64. The highest BCUT2D eigenvalue weighted by molar-refractivity contribution is 8.77. The van der Waals surface area contributed by atoms with Crippen LogP contribution in [0.5, 0.6) is 0 Å². The zero-order valence-corrected chi connectivity index (χ0v) is 71.0. The summed E-state index contributed by atoms with van der Waals surface area (Å²) in [5.41, 5.74) is 23.2. The Morgan fingerprint density at radius 1 is 0.521 bits per heavy atom. The zero-order chi connectivity index (χ0) is 86.7. The topological polar surface area (TPSA) is 584 Å². The molecule has 40 heteroatoms. The summed E-state index contributed by atoms with van der Waals surface area (Å²) >= 11 is 0. The fourth-order valence-corrected chi connectivity index (χ4v) is 18.5. The summed E-state index contributed by atoms with van der Waals surface area (Å²) in [6.07, 6.45) is 5.64. The first-order chi connectivity index (χ1) is 55.4. The van der Waals surface area contributed by atoms with Gasteiger partial charge in [0.15, 0.2) is 5.96 Å². The van der Waals surface area contributed by atoms with Gasteiger partial charge in [0.25, 0.3) is 0 Å². The molecular formula is C77H130N20O18S2. The summed E-state index contributed by atoms with van der Waals surface area (Å²) in [5, 5.41) is 53.9. The molecule has 22 N–H and O–H groups in total. The quantitative estimate of drug-likeness (QED) is 0.0332. The van der Waals surface area contributed by atoms with Gasteiger partial charge in [-0.3, -0.25) is 81.7 Å². The van der Waals surface area contributed by atoms with Crippen molar-refractivity contribution in [1.29, 1.82) is 0 Å². The normalized spacial score (nSPS) is 30.9. The molecule has 6 rings (SSSR count). The zero-order valence-electron chi connectivity index (χ0n) is 69.4. The maximum Gasteiger partial charge on any atom is 0.246 e. The van der Waals surface area contributed by atoms with Gasteiger partial charge in [-0.2, -0.15) is 0 Å². The van der Waals surface area contributed by atoms with Crippen molar-refractivity contribution in [1.82, 2.24) is 78.5 Å². The van der Waals surface area contributed by atoms with Crippen molar-refractivity contribution in [3.8, 4) is 0 Å². The Bertz CT molecular complexity index is 3540. The number of hydrogen-bond acceptors (Lipinski definition) is 22. The molecule has 0 aromatic rings. The lowest BCUT2D eigenvalue weighted by Gasteiger charge is -2.39. The van der Waals surface area contributed by atoms with Gasteiger partial charge in [-0.15, -0.1) is 0 Å². The van der Waals surface area contributed by atoms with Crippen LogP contribution in [0.3, 0.4) is 0 Å². The number of nitrogens with zero attached hydrogens (tertiary/aromatic N) is 4. The Kier molecular flexibility index (Phi) is 38.8. The second-order valence-electron chi connectivity index (χ2n) is 32.9. The molecule has 0 spiro atoms. The Balaban J connectivity index is 1.52. The number of rotatable bonds is 15. The van der Waals surface area contributed by atoms with Crippen LogP contribution in [0.4, 0.5) is 0 Å². The maximum atomic E-state index is 15.9. The number of carbonyl (C=O) groups is 16. The monoisotopic (exact) mass is 1690 g/mol. The second kappa shape index (κ2) is 46.7. The average molecular weight is 1690 g/mol. The van der Waals surface area contributed by atoms with Gasteiger partial charge in [-0.1, -0.05) is 122 Å². The number of aliphatic hydroxyl groups excluding tert-OH is 2. The van der Waals surface area contributed by atoms with Crippen LogP contribution in [-0.4, -0.2) is 272 Å². The Labute approximate surface area is 692 Å². The number of fused-ring (bicyclic) bond motifs is 10. The molecule has 1 aliphatic carbocycles. The van der Waals surface area contributed by atoms with Crippen LogP contribution in [0.25, 0.3) is 0 Å². The van der Waals surface area contributed by atoms with Crippen molar-refractivity contribution in [2.75, 3.05) is 51.7 Å². The Morgan fingerprint density at radius 3 is 1.68 bits per heavy atom. The molecule has 5 heterocycles. The fourth-order valence-electron chi connectivity index (χ4n) is 15.7. The van der Waals surface area contributed by atoms with Gasteiger partial charge in [0.2, 0.25) is 94.5 Å². The Hall–Kier alpha value is -8.63. The minimum Gasteiger partial charge on any atom is -0.394 e. The lowest BCUT2D eigenvalue weighted by molar-refractivity contribution is -0.150. The highest BCUT2D eigenvalue weighted by Crippen LogP contribution is 2.42. The summed E-state index contributed by atoms with van der Waals surface area (Å²) < 4.78 is -1.59. The van der Waals surface area contributed by atoms with E-state index in [1.807, 2.05) is 0 Å². The van der Waals surface area contributed by atoms with Gasteiger partial charge >= 0.3 is 0 Å². The predicted molar refractivity (Wildman–Crippen MR) is 437 cm³/mol. The van der Waals surface area contributed by atoms with E-state index < -0.39 is 233 Å². The first kappa shape index (κ1) is 97.2. The number of guanidine groups is 1. The second-order valence-corrected chi connectivity index (χ2v) is 35.8. The van der Waals surface area contributed by atoms with Crippen LogP contribution in [0, 0.1) is 29.6 Å². The third kappa shape index (κ3) is 27.7. The van der Waals surface area contributed by atoms with Gasteiger partial charge in [0.1, 0.15) is 78.5 Å². The van der Waals surface area contributed by atoms with E-state index in [4.69, 9.17) is 22.9 Å². The summed E-state index contributed by atoms with van der Waals surface area (Å²) in [5.74, 6) is -16.6. The molecule has 38 nitrogen and oxygen atoms in total. The molecule has 6 aliphatic rings. The molecule has 0 unspecified atom stereocenters. The maximum absolute atomic E-state index is 15.9. The number of nitrogens with one attached hydrogen (secondary N) is 12. The highest BCUT2D eigenvalue weighted by Gasteiger charge is 2.53. The molecule has 117 heavy (non-hydrogen) atoms. The molecular weight excluding hydrogens is 1560 g/mol. The summed E-state index contributed by atoms with van der Waals surface area (Å²) in [7, 11) is 1.77. The molecule has 1 saturated carbocycles. The summed E-state index contributed by atoms with van der Waals surface area (Å²) in [4.78, 5) is 242. The van der Waals surface area contributed by atoms with Crippen molar-refractivity contribution >= 4 is 122 Å². The van der Waals surface area contributed by atoms with E-state index in [1.165, 1.54) is 9.80 Å². The SMILES string of the molecule is CC[C@H](C)[C@@H]1NC(=O)CNC(=O)[C@@H](N)CCC(=O)NCCCCC[C@@H](C(N)=O)NC(=O)[C@@H]2CCCN2C(=O)[C@H]([C@@H](C)CC)NC(=O)[C@H]2NC(=O)[C@H]([C@@H](C)CC)NC(=O)[C@@H]3C[C@@H]4CCCC[C@@H]4N3C(=O)[C@@H]3CCCN3C(=O)[C@H](CC(C)C)NC(=O)[C@H](CO)NC(=O)[C@H](CCCN=C(N)N)NC(=O)[C@H](CO)NC(=O)[C@H](CSSC2(C)C)NC1=O. The lowest BCUT2D eigenvalue weighted by atomic mass is 9.84. The third-order valence-electron chi connectivity index (χ3n) is 23.2. The van der Waals surface area contributed by atoms with Gasteiger partial charge in [0.05, 0.1) is 25.8 Å². The smallest absolute Gasteiger partial charge is 0.246 e. The molecule has 0 aromatic carbocycles. The third-order valence-corrected chi connectivity index (χ3v) is 26.5. The van der Waals surface area contributed by atoms with Gasteiger partial charge in [-0.25, -0.2) is 0 Å². The van der Waals surface area contributed by atoms with Crippen molar-refractivity contribution in [3.05, 3.63) is 0 Å². The number of aliphatic hydroxyl groups is 2. The van der Waals surface area contributed by atoms with Crippen molar-refractivity contribution in [3.63, 3.8) is 0 Å². The minimum absolute atomic E-state index is 0.0119. The van der Waals surface area contributed by atoms with Crippen LogP contribution in [0.15, 0.2) is 4.99 Å². The summed E-state index contributed by atoms with van der Waals surface area (Å²) in [6.45, 7) is 14.4. The number of carbonyl (C=O) groups excluding carboxylic acids is 16. The molecule has 19 atom stereocenters. The van der Waals surface area contributed by atoms with Crippen molar-refractivity contribution < 1.29 is 86.9 Å². The van der Waals surface area contributed by atoms with E-state index in [9.17, 15) is 53.4 Å². The molecule has 6 fully saturated rings. The van der Waals surface area contributed by atoms with Gasteiger partial charge in [0, 0.05) is 49.1 Å². The van der Waals surface area contributed by atoms with E-state index in [0.29, 0.717) is 44.9 Å². The van der Waals surface area contributed by atoms with Crippen molar-refractivity contribution in [2.45, 2.75) is 299 Å². The molecule has 5 saturated heterocycles. The van der Waals surface area contributed by atoms with Crippen LogP contribution in [0.2, 0.25) is 0 Å². The molecule has 5 aliphatic heterocycles. The number of hydrogen-bond donors (Lipinski definition) is 18. The molecule has 0 aromatic heterocycles. The van der Waals surface area contributed by atoms with E-state index in [0.717, 1.165) is 34.4 Å². The van der Waals surface area contributed by atoms with E-state index >= 15 is 33.6 Å². The Morgan fingerprint density at radius 2 is 1.07 bits per heavy atom. The average Bonchev–Trinajstić information content (AvgIpc) is 1.62. The number of aliphatic imine (C=N–C) groups is 1. The van der Waals surface area contributed by atoms with Crippen LogP contribution in [0.1, 0.15) is 204 Å². The van der Waals surface area contributed by atoms with Gasteiger partial charge < -0.3 is 112 Å². The number of nitrogens with two attached hydrogens (primary N) is 4. The predicted octanol–water partition coefficient (Wildman–Crippen LogP) is -3.23. The fraction of sp³-hybridized carbons (Fsp3) is 0.779. The minimum atomic E-state index is -1.94. The van der Waals surface area contributed by atoms with Gasteiger partial charge in [-0.05, 0) is 127 Å². The molecule has 0 radical (unpaired) electrons. The highest BCUT2D eigenvalue weighted by atomic mass is 33.1. The summed E-state index contributed by atoms with van der Waals surface area (Å²) in [6, 6.07) is -20.7. The molecule has 2 bridgehead atoms. The van der Waals surface area contributed by atoms with Crippen LogP contribution >= 0.6 is 21.6 Å². The largest absolute Gasteiger partial charge is 0.394 e. The number of amides is 16. The van der Waals surface area contributed by atoms with E-state index in [1.54, 1.807) is 74.1 Å². The van der Waals surface area contributed by atoms with Crippen LogP contribution in [-0.2, 0) is 76.7 Å². The van der Waals surface area contributed by atoms with Crippen LogP contribution < -0.4 is 86.7 Å². The van der Waals surface area contributed by atoms with Crippen molar-refractivity contribution in [2.24, 2.45) is 57.5 Å². The standard InChI is InChI=1S/C77H130N20O18S2/c1-11-41(6)58-70(110)90-51-39-116-117-77(9,10)61(72(112)93-60(43(8)13-3)75(115)95-32-20-26-53(95)68(108)85-46(62(79)102)23-15-14-18-30-82-56(100)29-28-45(78)63(103)84-36-57(101)91-58)94-71(111)59(42(7)12-2)92-69(109)55-35-44-22-16-17-25-52(44)97(55)74(114)54-27-21-33-96(54)73(113)48(34-40(4)5)87-66(106)50(38-99)88-64(104)47(24-19-31-83-76(80)81)86-65(105)49(37-98)89-67(51)107/h40-55,58-61,98-99H,11-39,78H2,1-10H3,(H2,79,102)(H,82,100)(H,84,103)(H,85,108)(H,86,105)(H,87,106)(H,88,104)(H,89,107)(H,90,110)(H,91,101)(H,92,109)(H,93,112)(H,94,111)(H4,80,81,83)/t41-,42-,43-,44-,45-,46-,47-,48-,49-,50-,51-,52-,53-,54-,55-,58-,59-,60-,61+/m0/s1. The number of primary amides is 1. The molecule has 16 amide bonds. The first-order valence-corrected chi connectivity index (χ1v) is 43.9.